The molecule has 0 saturated heterocycles. The highest BCUT2D eigenvalue weighted by Crippen LogP contribution is 2.44. The third-order valence-electron chi connectivity index (χ3n) is 4.48. The Labute approximate surface area is 139 Å². The van der Waals surface area contributed by atoms with Crippen molar-refractivity contribution in [2.75, 3.05) is 5.32 Å². The number of rotatable bonds is 4. The van der Waals surface area contributed by atoms with E-state index >= 15 is 0 Å². The van der Waals surface area contributed by atoms with Gasteiger partial charge in [0.25, 0.3) is 0 Å². The van der Waals surface area contributed by atoms with Crippen LogP contribution in [0.2, 0.25) is 0 Å². The molecule has 1 saturated carbocycles. The molecule has 0 aromatic heterocycles. The van der Waals surface area contributed by atoms with Crippen molar-refractivity contribution in [1.29, 1.82) is 0 Å². The van der Waals surface area contributed by atoms with E-state index in [4.69, 9.17) is 5.14 Å². The van der Waals surface area contributed by atoms with Crippen LogP contribution in [0.5, 0.6) is 0 Å². The second-order valence-corrected chi connectivity index (χ2v) is 7.53. The standard InChI is InChI=1S/C17H17FN2O3S/c18-13-4-2-12(3-5-13)17(10-1-11-17)16(21)20-14-6-8-15(9-7-14)24(19,22)23/h2-9H,1,10-11H2,(H,20,21)(H2,19,22,23). The van der Waals surface area contributed by atoms with E-state index in [2.05, 4.69) is 5.32 Å². The lowest BCUT2D eigenvalue weighted by Gasteiger charge is -2.40. The van der Waals surface area contributed by atoms with Gasteiger partial charge in [0.15, 0.2) is 0 Å². The smallest absolute Gasteiger partial charge is 0.238 e. The fourth-order valence-corrected chi connectivity index (χ4v) is 3.44. The van der Waals surface area contributed by atoms with Crippen LogP contribution in [0.25, 0.3) is 0 Å². The first-order valence-corrected chi connectivity index (χ1v) is 9.06. The summed E-state index contributed by atoms with van der Waals surface area (Å²) in [6.07, 6.45) is 2.31. The molecule has 2 aromatic rings. The number of carbonyl (C=O) groups excluding carboxylic acids is 1. The Morgan fingerprint density at radius 3 is 2.08 bits per heavy atom. The molecule has 7 heteroatoms. The Hall–Kier alpha value is -2.25. The summed E-state index contributed by atoms with van der Waals surface area (Å²) >= 11 is 0. The Kier molecular flexibility index (Phi) is 4.15. The van der Waals surface area contributed by atoms with E-state index in [1.54, 1.807) is 12.1 Å². The number of amides is 1. The summed E-state index contributed by atoms with van der Waals surface area (Å²) in [6.45, 7) is 0. The number of sulfonamides is 1. The molecule has 0 atom stereocenters. The van der Waals surface area contributed by atoms with Gasteiger partial charge in [0.05, 0.1) is 10.3 Å². The summed E-state index contributed by atoms with van der Waals surface area (Å²) in [7, 11) is -3.77. The number of primary sulfonamides is 1. The second-order valence-electron chi connectivity index (χ2n) is 5.97. The number of nitrogens with two attached hydrogens (primary N) is 1. The largest absolute Gasteiger partial charge is 0.325 e. The number of nitrogens with one attached hydrogen (secondary N) is 1. The summed E-state index contributed by atoms with van der Waals surface area (Å²) in [5, 5.41) is 7.86. The average molecular weight is 348 g/mol. The summed E-state index contributed by atoms with van der Waals surface area (Å²) < 4.78 is 35.6. The molecule has 0 aliphatic heterocycles. The van der Waals surface area contributed by atoms with E-state index in [1.807, 2.05) is 0 Å². The van der Waals surface area contributed by atoms with Crippen LogP contribution in [0.1, 0.15) is 24.8 Å². The van der Waals surface area contributed by atoms with Gasteiger partial charge >= 0.3 is 0 Å². The summed E-state index contributed by atoms with van der Waals surface area (Å²) in [4.78, 5) is 12.7. The predicted octanol–water partition coefficient (Wildman–Crippen LogP) is 2.53. The third kappa shape index (κ3) is 3.05. The third-order valence-corrected chi connectivity index (χ3v) is 5.41. The molecule has 1 amide bonds. The van der Waals surface area contributed by atoms with Crippen LogP contribution < -0.4 is 10.5 Å². The van der Waals surface area contributed by atoms with Crippen molar-refractivity contribution < 1.29 is 17.6 Å². The monoisotopic (exact) mass is 348 g/mol. The molecular weight excluding hydrogens is 331 g/mol. The van der Waals surface area contributed by atoms with Gasteiger partial charge in [-0.25, -0.2) is 17.9 Å². The number of benzene rings is 2. The molecule has 24 heavy (non-hydrogen) atoms. The van der Waals surface area contributed by atoms with Gasteiger partial charge in [0.2, 0.25) is 15.9 Å². The normalized spacial score (nSPS) is 16.2. The van der Waals surface area contributed by atoms with Gasteiger partial charge in [-0.3, -0.25) is 4.79 Å². The van der Waals surface area contributed by atoms with E-state index in [1.165, 1.54) is 36.4 Å². The number of carbonyl (C=O) groups is 1. The maximum absolute atomic E-state index is 13.1. The van der Waals surface area contributed by atoms with Gasteiger partial charge in [0.1, 0.15) is 5.82 Å². The molecule has 126 valence electrons. The van der Waals surface area contributed by atoms with E-state index in [0.29, 0.717) is 18.5 Å². The molecule has 0 bridgehead atoms. The Morgan fingerprint density at radius 2 is 1.62 bits per heavy atom. The quantitative estimate of drug-likeness (QED) is 0.890. The number of hydrogen-bond donors (Lipinski definition) is 2. The highest BCUT2D eigenvalue weighted by atomic mass is 32.2. The highest BCUT2D eigenvalue weighted by molar-refractivity contribution is 7.89. The first kappa shape index (κ1) is 16.6. The first-order chi connectivity index (χ1) is 11.3. The lowest BCUT2D eigenvalue weighted by atomic mass is 9.64. The molecule has 1 aliphatic carbocycles. The van der Waals surface area contributed by atoms with Gasteiger partial charge in [-0.15, -0.1) is 0 Å². The van der Waals surface area contributed by atoms with Gasteiger partial charge in [-0.1, -0.05) is 18.6 Å². The number of anilines is 1. The van der Waals surface area contributed by atoms with Crippen molar-refractivity contribution in [1.82, 2.24) is 0 Å². The Balaban J connectivity index is 1.81. The fraction of sp³-hybridized carbons (Fsp3) is 0.235. The molecule has 5 nitrogen and oxygen atoms in total. The van der Waals surface area contributed by atoms with Crippen molar-refractivity contribution in [2.24, 2.45) is 5.14 Å². The van der Waals surface area contributed by atoms with E-state index in [9.17, 15) is 17.6 Å². The second kappa shape index (κ2) is 5.99. The van der Waals surface area contributed by atoms with E-state index in [-0.39, 0.29) is 16.6 Å². The van der Waals surface area contributed by atoms with Gasteiger partial charge < -0.3 is 5.32 Å². The predicted molar refractivity (Wildman–Crippen MR) is 88.4 cm³/mol. The average Bonchev–Trinajstić information content (AvgIpc) is 2.47. The van der Waals surface area contributed by atoms with Crippen LogP contribution in [0.3, 0.4) is 0 Å². The van der Waals surface area contributed by atoms with Gasteiger partial charge in [0, 0.05) is 5.69 Å². The Bertz CT molecular complexity index is 858. The van der Waals surface area contributed by atoms with Crippen LogP contribution >= 0.6 is 0 Å². The van der Waals surface area contributed by atoms with E-state index in [0.717, 1.165) is 12.0 Å². The molecular formula is C17H17FN2O3S. The molecule has 1 fully saturated rings. The Morgan fingerprint density at radius 1 is 1.04 bits per heavy atom. The molecule has 0 spiro atoms. The van der Waals surface area contributed by atoms with Crippen molar-refractivity contribution >= 4 is 21.6 Å². The minimum atomic E-state index is -3.77. The number of halogens is 1. The molecule has 3 N–H and O–H groups in total. The number of hydrogen-bond acceptors (Lipinski definition) is 3. The van der Waals surface area contributed by atoms with Gasteiger partial charge in [-0.2, -0.15) is 0 Å². The molecule has 0 heterocycles. The highest BCUT2D eigenvalue weighted by Gasteiger charge is 2.45. The maximum Gasteiger partial charge on any atom is 0.238 e. The minimum absolute atomic E-state index is 0.0163. The van der Waals surface area contributed by atoms with Gasteiger partial charge in [-0.05, 0) is 54.8 Å². The van der Waals surface area contributed by atoms with Crippen LogP contribution in [0.4, 0.5) is 10.1 Å². The summed E-state index contributed by atoms with van der Waals surface area (Å²) in [5.41, 5.74) is 0.612. The van der Waals surface area contributed by atoms with Crippen LogP contribution in [-0.4, -0.2) is 14.3 Å². The first-order valence-electron chi connectivity index (χ1n) is 7.52. The summed E-state index contributed by atoms with van der Waals surface area (Å²) in [6, 6.07) is 11.7. The SMILES string of the molecule is NS(=O)(=O)c1ccc(NC(=O)C2(c3ccc(F)cc3)CCC2)cc1. The molecule has 2 aromatic carbocycles. The topological polar surface area (TPSA) is 89.3 Å². The molecule has 0 unspecified atom stereocenters. The van der Waals surface area contributed by atoms with Crippen molar-refractivity contribution in [3.63, 3.8) is 0 Å². The molecule has 1 aliphatic rings. The minimum Gasteiger partial charge on any atom is -0.325 e. The van der Waals surface area contributed by atoms with Crippen LogP contribution in [0.15, 0.2) is 53.4 Å². The zero-order valence-corrected chi connectivity index (χ0v) is 13.6. The van der Waals surface area contributed by atoms with Crippen LogP contribution in [0, 0.1) is 5.82 Å². The van der Waals surface area contributed by atoms with E-state index < -0.39 is 15.4 Å². The maximum atomic E-state index is 13.1. The fourth-order valence-electron chi connectivity index (χ4n) is 2.92. The van der Waals surface area contributed by atoms with Crippen molar-refractivity contribution in [2.45, 2.75) is 29.6 Å². The van der Waals surface area contributed by atoms with Crippen molar-refractivity contribution in [3.8, 4) is 0 Å². The molecule has 3 rings (SSSR count). The summed E-state index contributed by atoms with van der Waals surface area (Å²) in [5.74, 6) is -0.518. The van der Waals surface area contributed by atoms with Crippen LogP contribution in [-0.2, 0) is 20.2 Å². The lowest BCUT2D eigenvalue weighted by Crippen LogP contribution is -2.46. The molecule has 0 radical (unpaired) electrons. The lowest BCUT2D eigenvalue weighted by molar-refractivity contribution is -0.124. The van der Waals surface area contributed by atoms with Crippen molar-refractivity contribution in [3.05, 3.63) is 59.9 Å². The zero-order chi connectivity index (χ0) is 17.4. The zero-order valence-electron chi connectivity index (χ0n) is 12.8.